The number of Topliss-reactive ketones (excluding diaryl/α,β-unsaturated/α-hetero) is 1. The zero-order chi connectivity index (χ0) is 33.6. The molecule has 11 nitrogen and oxygen atoms in total. The van der Waals surface area contributed by atoms with Gasteiger partial charge in [0, 0.05) is 17.2 Å². The lowest BCUT2D eigenvalue weighted by Gasteiger charge is -2.40. The topological polar surface area (TPSA) is 164 Å². The molecule has 3 aliphatic carbocycles. The molecule has 0 bridgehead atoms. The lowest BCUT2D eigenvalue weighted by molar-refractivity contribution is -0.145. The van der Waals surface area contributed by atoms with E-state index in [9.17, 15) is 24.0 Å². The number of primary amides is 1. The number of fused-ring (bicyclic) bond motifs is 1. The molecule has 2 heterocycles. The molecule has 3 saturated carbocycles. The van der Waals surface area contributed by atoms with Crippen molar-refractivity contribution in [2.75, 3.05) is 12.3 Å². The average molecular weight is 658 g/mol. The maximum Gasteiger partial charge on any atom is 0.315 e. The smallest absolute Gasteiger partial charge is 0.315 e. The van der Waals surface area contributed by atoms with Crippen molar-refractivity contribution in [3.8, 4) is 0 Å². The number of rotatable bonds is 12. The fourth-order valence-corrected chi connectivity index (χ4v) is 8.85. The van der Waals surface area contributed by atoms with Crippen LogP contribution in [-0.2, 0) is 19.2 Å². The van der Waals surface area contributed by atoms with Gasteiger partial charge in [-0.3, -0.25) is 19.2 Å². The first-order valence-electron chi connectivity index (χ1n) is 16.7. The number of carbonyl (C=O) groups excluding carboxylic acids is 5. The fraction of sp³-hybridized carbons (Fsp3) is 0.735. The molecular formula is C34H51N5O6S. The minimum Gasteiger partial charge on any atom is -0.468 e. The molecule has 1 aromatic rings. The van der Waals surface area contributed by atoms with Gasteiger partial charge in [0.2, 0.25) is 17.6 Å². The van der Waals surface area contributed by atoms with Crippen LogP contribution in [0.2, 0.25) is 0 Å². The van der Waals surface area contributed by atoms with E-state index in [-0.39, 0.29) is 29.1 Å². The average Bonchev–Trinajstić information content (AvgIpc) is 3.74. The Hall–Kier alpha value is -3.02. The quantitative estimate of drug-likeness (QED) is 0.196. The van der Waals surface area contributed by atoms with Crippen LogP contribution in [0.3, 0.4) is 0 Å². The Morgan fingerprint density at radius 1 is 1.09 bits per heavy atom. The maximum absolute atomic E-state index is 14.4. The molecule has 1 aliphatic heterocycles. The predicted molar refractivity (Wildman–Crippen MR) is 175 cm³/mol. The van der Waals surface area contributed by atoms with E-state index in [4.69, 9.17) is 10.2 Å². The number of nitrogens with two attached hydrogens (primary N) is 1. The minimum absolute atomic E-state index is 0.0925. The summed E-state index contributed by atoms with van der Waals surface area (Å²) in [4.78, 5) is 69.1. The first-order chi connectivity index (χ1) is 21.5. The molecule has 1 saturated heterocycles. The van der Waals surface area contributed by atoms with Crippen molar-refractivity contribution in [1.29, 1.82) is 0 Å². The van der Waals surface area contributed by atoms with Crippen LogP contribution in [0.5, 0.6) is 0 Å². The van der Waals surface area contributed by atoms with Gasteiger partial charge in [-0.05, 0) is 60.8 Å². The van der Waals surface area contributed by atoms with E-state index in [1.807, 2.05) is 33.8 Å². The van der Waals surface area contributed by atoms with Crippen molar-refractivity contribution in [3.05, 3.63) is 18.1 Å². The number of hydrogen-bond donors (Lipinski definition) is 4. The number of aryl methyl sites for hydroxylation is 1. The summed E-state index contributed by atoms with van der Waals surface area (Å²) in [5.41, 5.74) is 4.09. The van der Waals surface area contributed by atoms with E-state index in [0.717, 1.165) is 55.6 Å². The molecule has 12 heteroatoms. The molecule has 46 heavy (non-hydrogen) atoms. The number of ketones is 1. The van der Waals surface area contributed by atoms with Gasteiger partial charge in [-0.2, -0.15) is 0 Å². The Morgan fingerprint density at radius 2 is 1.76 bits per heavy atom. The lowest BCUT2D eigenvalue weighted by Crippen LogP contribution is -2.63. The highest BCUT2D eigenvalue weighted by atomic mass is 32.2. The Morgan fingerprint density at radius 3 is 2.33 bits per heavy atom. The number of carbonyl (C=O) groups is 5. The number of hydrogen-bond acceptors (Lipinski definition) is 7. The number of piperidine rings is 1. The van der Waals surface area contributed by atoms with Crippen molar-refractivity contribution < 1.29 is 28.4 Å². The lowest BCUT2D eigenvalue weighted by atomic mass is 9.83. The summed E-state index contributed by atoms with van der Waals surface area (Å²) in [6, 6.07) is -1.18. The molecule has 5 rings (SSSR count). The van der Waals surface area contributed by atoms with Crippen molar-refractivity contribution in [3.63, 3.8) is 0 Å². The zero-order valence-electron chi connectivity index (χ0n) is 28.1. The van der Waals surface area contributed by atoms with E-state index in [1.54, 1.807) is 22.9 Å². The fourth-order valence-electron chi connectivity index (χ4n) is 7.66. The van der Waals surface area contributed by atoms with E-state index in [2.05, 4.69) is 29.8 Å². The minimum atomic E-state index is -1.08. The Labute approximate surface area is 276 Å². The number of likely N-dealkylation sites (tertiary alicyclic amines) is 1. The number of furan rings is 1. The van der Waals surface area contributed by atoms with Gasteiger partial charge >= 0.3 is 6.03 Å². The summed E-state index contributed by atoms with van der Waals surface area (Å²) < 4.78 is 5.47. The SMILES string of the molecule is Cc1occc1SCC1(NC(=O)N[C@H](C(=O)N2CC3[C@@H]([C@H]2C(=O)NC(CC2CC2)C(=O)C(N)=O)C3(C)C)C(C)(C)C)CCCCC1. The van der Waals surface area contributed by atoms with Crippen LogP contribution in [0.1, 0.15) is 91.7 Å². The highest BCUT2D eigenvalue weighted by Gasteiger charge is 2.70. The molecule has 0 radical (unpaired) electrons. The normalized spacial score (nSPS) is 26.0. The number of nitrogens with one attached hydrogen (secondary N) is 3. The van der Waals surface area contributed by atoms with E-state index >= 15 is 0 Å². The molecule has 2 unspecified atom stereocenters. The Balaban J connectivity index is 1.31. The van der Waals surface area contributed by atoms with Crippen LogP contribution in [0.4, 0.5) is 4.79 Å². The summed E-state index contributed by atoms with van der Waals surface area (Å²) in [6.45, 7) is 12.2. The van der Waals surface area contributed by atoms with Crippen LogP contribution in [0.15, 0.2) is 21.6 Å². The molecule has 5 atom stereocenters. The van der Waals surface area contributed by atoms with Crippen LogP contribution in [-0.4, -0.2) is 70.4 Å². The molecule has 5 N–H and O–H groups in total. The molecule has 0 aromatic carbocycles. The highest BCUT2D eigenvalue weighted by Crippen LogP contribution is 2.65. The van der Waals surface area contributed by atoms with Crippen LogP contribution in [0, 0.1) is 35.5 Å². The first kappa shape index (κ1) is 34.3. The van der Waals surface area contributed by atoms with Crippen molar-refractivity contribution in [2.24, 2.45) is 34.3 Å². The number of urea groups is 1. The standard InChI is InChI=1S/C34H51N5O6S/c1-19-23(12-15-45-19)46-18-34(13-8-7-9-14-34)38-31(44)37-27(32(2,3)4)30(43)39-17-21-24(33(21,5)6)25(39)29(42)36-22(16-20-10-11-20)26(40)28(35)41/h12,15,20-22,24-25,27H,7-11,13-14,16-18H2,1-6H3,(H2,35,41)(H,36,42)(H2,37,38,44)/t21?,22?,24-,25-,27+/m0/s1. The molecule has 4 aliphatic rings. The second-order valence-electron chi connectivity index (χ2n) is 15.7. The van der Waals surface area contributed by atoms with Gasteiger partial charge in [0.05, 0.1) is 17.8 Å². The predicted octanol–water partition coefficient (Wildman–Crippen LogP) is 3.92. The second kappa shape index (κ2) is 12.9. The first-order valence-corrected chi connectivity index (χ1v) is 17.7. The summed E-state index contributed by atoms with van der Waals surface area (Å²) in [5.74, 6) is -0.839. The van der Waals surface area contributed by atoms with Crippen molar-refractivity contribution in [2.45, 2.75) is 121 Å². The van der Waals surface area contributed by atoms with Gasteiger partial charge in [-0.1, -0.05) is 66.7 Å². The van der Waals surface area contributed by atoms with Gasteiger partial charge in [-0.25, -0.2) is 4.79 Å². The van der Waals surface area contributed by atoms with Gasteiger partial charge in [0.15, 0.2) is 0 Å². The van der Waals surface area contributed by atoms with Crippen LogP contribution >= 0.6 is 11.8 Å². The molecule has 4 fully saturated rings. The van der Waals surface area contributed by atoms with E-state index in [1.165, 1.54) is 0 Å². The Kier molecular flexibility index (Phi) is 9.61. The van der Waals surface area contributed by atoms with Crippen molar-refractivity contribution in [1.82, 2.24) is 20.9 Å². The molecule has 5 amide bonds. The third-order valence-electron chi connectivity index (χ3n) is 10.8. The van der Waals surface area contributed by atoms with Gasteiger partial charge in [0.25, 0.3) is 5.91 Å². The summed E-state index contributed by atoms with van der Waals surface area (Å²) in [6.07, 6.45) is 8.74. The number of thioether (sulfide) groups is 1. The number of nitrogens with zero attached hydrogens (tertiary/aromatic N) is 1. The molecule has 1 aromatic heterocycles. The van der Waals surface area contributed by atoms with Gasteiger partial charge in [-0.15, -0.1) is 11.8 Å². The third-order valence-corrected chi connectivity index (χ3v) is 12.2. The molecular weight excluding hydrogens is 606 g/mol. The van der Waals surface area contributed by atoms with Crippen LogP contribution < -0.4 is 21.7 Å². The molecule has 0 spiro atoms. The summed E-state index contributed by atoms with van der Waals surface area (Å²) in [7, 11) is 0. The Bertz CT molecular complexity index is 1360. The van der Waals surface area contributed by atoms with Gasteiger partial charge < -0.3 is 31.0 Å². The van der Waals surface area contributed by atoms with Gasteiger partial charge in [0.1, 0.15) is 17.8 Å². The molecule has 254 valence electrons. The summed E-state index contributed by atoms with van der Waals surface area (Å²) in [5, 5.41) is 9.09. The monoisotopic (exact) mass is 657 g/mol. The summed E-state index contributed by atoms with van der Waals surface area (Å²) >= 11 is 1.67. The van der Waals surface area contributed by atoms with Crippen LogP contribution in [0.25, 0.3) is 0 Å². The second-order valence-corrected chi connectivity index (χ2v) is 16.7. The largest absolute Gasteiger partial charge is 0.468 e. The van der Waals surface area contributed by atoms with E-state index in [0.29, 0.717) is 18.7 Å². The zero-order valence-corrected chi connectivity index (χ0v) is 28.9. The number of amides is 5. The van der Waals surface area contributed by atoms with Crippen molar-refractivity contribution >= 4 is 41.3 Å². The third kappa shape index (κ3) is 7.26. The maximum atomic E-state index is 14.4. The van der Waals surface area contributed by atoms with E-state index < -0.39 is 52.7 Å². The highest BCUT2D eigenvalue weighted by molar-refractivity contribution is 7.99.